The van der Waals surface area contributed by atoms with Gasteiger partial charge >= 0.3 is 0 Å². The lowest BCUT2D eigenvalue weighted by Gasteiger charge is -2.09. The predicted molar refractivity (Wildman–Crippen MR) is 74.2 cm³/mol. The number of nitrogens with two attached hydrogens (primary N) is 1. The maximum absolute atomic E-state index is 13.0. The number of halogens is 3. The summed E-state index contributed by atoms with van der Waals surface area (Å²) in [6.45, 7) is 2.48. The van der Waals surface area contributed by atoms with Crippen LogP contribution < -0.4 is 11.3 Å². The van der Waals surface area contributed by atoms with Crippen molar-refractivity contribution in [2.24, 2.45) is 5.73 Å². The lowest BCUT2D eigenvalue weighted by Crippen LogP contribution is -2.27. The van der Waals surface area contributed by atoms with Crippen molar-refractivity contribution in [1.82, 2.24) is 9.55 Å². The summed E-state index contributed by atoms with van der Waals surface area (Å²) in [5.74, 6) is 0.157. The fourth-order valence-corrected chi connectivity index (χ4v) is 1.70. The maximum Gasteiger partial charge on any atom is 0.261 e. The largest absolute Gasteiger partial charge is 0.329 e. The van der Waals surface area contributed by atoms with E-state index in [4.69, 9.17) is 5.73 Å². The highest BCUT2D eigenvalue weighted by atomic mass is 35.5. The summed E-state index contributed by atoms with van der Waals surface area (Å²) in [5.41, 5.74) is 5.68. The van der Waals surface area contributed by atoms with Crippen LogP contribution in [0.15, 0.2) is 23.0 Å². The molecule has 2 aromatic rings. The molecule has 100 valence electrons. The topological polar surface area (TPSA) is 60.9 Å². The van der Waals surface area contributed by atoms with E-state index in [2.05, 4.69) is 4.98 Å². The van der Waals surface area contributed by atoms with Crippen molar-refractivity contribution < 1.29 is 4.39 Å². The van der Waals surface area contributed by atoms with Crippen LogP contribution in [0.5, 0.6) is 0 Å². The summed E-state index contributed by atoms with van der Waals surface area (Å²) in [4.78, 5) is 16.2. The van der Waals surface area contributed by atoms with Gasteiger partial charge in [-0.15, -0.1) is 24.8 Å². The number of hydrogen-bond donors (Lipinski definition) is 1. The van der Waals surface area contributed by atoms with Crippen LogP contribution in [-0.2, 0) is 6.54 Å². The summed E-state index contributed by atoms with van der Waals surface area (Å²) >= 11 is 0. The van der Waals surface area contributed by atoms with Crippen molar-refractivity contribution in [3.8, 4) is 0 Å². The van der Waals surface area contributed by atoms with E-state index in [1.165, 1.54) is 22.8 Å². The summed E-state index contributed by atoms with van der Waals surface area (Å²) < 4.78 is 14.5. The van der Waals surface area contributed by atoms with Crippen molar-refractivity contribution in [3.05, 3.63) is 40.2 Å². The Kier molecular flexibility index (Phi) is 6.25. The Morgan fingerprint density at radius 1 is 1.39 bits per heavy atom. The molecule has 0 unspecified atom stereocenters. The highest BCUT2D eigenvalue weighted by Crippen LogP contribution is 2.09. The molecule has 7 heteroatoms. The molecule has 0 bridgehead atoms. The first kappa shape index (κ1) is 16.8. The molecule has 2 N–H and O–H groups in total. The van der Waals surface area contributed by atoms with Crippen LogP contribution in [0, 0.1) is 12.7 Å². The fraction of sp³-hybridized carbons (Fsp3) is 0.273. The van der Waals surface area contributed by atoms with Gasteiger partial charge in [-0.25, -0.2) is 9.37 Å². The van der Waals surface area contributed by atoms with Gasteiger partial charge in [0.1, 0.15) is 11.6 Å². The second-order valence-corrected chi connectivity index (χ2v) is 3.57. The second-order valence-electron chi connectivity index (χ2n) is 3.57. The molecule has 18 heavy (non-hydrogen) atoms. The molecule has 0 aliphatic heterocycles. The summed E-state index contributed by atoms with van der Waals surface area (Å²) in [7, 11) is 0. The van der Waals surface area contributed by atoms with Gasteiger partial charge in [-0.2, -0.15) is 0 Å². The van der Waals surface area contributed by atoms with Crippen molar-refractivity contribution >= 4 is 35.7 Å². The van der Waals surface area contributed by atoms with Crippen LogP contribution in [-0.4, -0.2) is 16.1 Å². The van der Waals surface area contributed by atoms with E-state index in [1.54, 1.807) is 6.92 Å². The van der Waals surface area contributed by atoms with Gasteiger partial charge in [-0.05, 0) is 25.1 Å². The Balaban J connectivity index is 0.00000144. The molecule has 0 aliphatic rings. The van der Waals surface area contributed by atoms with Gasteiger partial charge in [0.25, 0.3) is 5.56 Å². The van der Waals surface area contributed by atoms with E-state index >= 15 is 0 Å². The van der Waals surface area contributed by atoms with Gasteiger partial charge in [-0.1, -0.05) is 0 Å². The molecule has 2 rings (SSSR count). The van der Waals surface area contributed by atoms with Gasteiger partial charge < -0.3 is 5.73 Å². The zero-order valence-electron chi connectivity index (χ0n) is 9.72. The van der Waals surface area contributed by atoms with Crippen molar-refractivity contribution in [2.45, 2.75) is 13.5 Å². The van der Waals surface area contributed by atoms with E-state index in [9.17, 15) is 9.18 Å². The van der Waals surface area contributed by atoms with E-state index in [0.29, 0.717) is 29.8 Å². The maximum atomic E-state index is 13.0. The molecule has 0 radical (unpaired) electrons. The van der Waals surface area contributed by atoms with Crippen LogP contribution >= 0.6 is 24.8 Å². The minimum absolute atomic E-state index is 0. The monoisotopic (exact) mass is 293 g/mol. The predicted octanol–water partition coefficient (Wildman–Crippen LogP) is 1.65. The summed E-state index contributed by atoms with van der Waals surface area (Å²) in [6.07, 6.45) is 0. The Morgan fingerprint density at radius 3 is 2.67 bits per heavy atom. The number of fused-ring (bicyclic) bond motifs is 1. The first-order valence-electron chi connectivity index (χ1n) is 5.00. The van der Waals surface area contributed by atoms with Gasteiger partial charge in [0, 0.05) is 13.1 Å². The van der Waals surface area contributed by atoms with Gasteiger partial charge in [0.2, 0.25) is 0 Å². The van der Waals surface area contributed by atoms with Gasteiger partial charge in [0.05, 0.1) is 10.9 Å². The second kappa shape index (κ2) is 6.68. The Hall–Kier alpha value is -1.17. The zero-order chi connectivity index (χ0) is 11.7. The third-order valence-electron chi connectivity index (χ3n) is 2.46. The Bertz CT molecular complexity index is 601. The molecule has 1 heterocycles. The molecule has 1 aromatic carbocycles. The lowest BCUT2D eigenvalue weighted by molar-refractivity contribution is 0.626. The normalized spacial score (nSPS) is 9.72. The highest BCUT2D eigenvalue weighted by molar-refractivity contribution is 5.85. The number of hydrogen-bond acceptors (Lipinski definition) is 3. The molecule has 0 amide bonds. The third-order valence-corrected chi connectivity index (χ3v) is 2.46. The van der Waals surface area contributed by atoms with Crippen molar-refractivity contribution in [3.63, 3.8) is 0 Å². The van der Waals surface area contributed by atoms with E-state index in [1.807, 2.05) is 0 Å². The Labute approximate surface area is 116 Å². The average molecular weight is 294 g/mol. The standard InChI is InChI=1S/C11H12FN3O.2ClH/c1-7-14-10-3-2-8(12)6-9(10)11(16)15(7)5-4-13;;/h2-3,6H,4-5,13H2,1H3;2*1H. The van der Waals surface area contributed by atoms with E-state index in [0.717, 1.165) is 0 Å². The molecule has 4 nitrogen and oxygen atoms in total. The zero-order valence-corrected chi connectivity index (χ0v) is 11.4. The molecule has 0 saturated carbocycles. The number of rotatable bonds is 2. The van der Waals surface area contributed by atoms with Crippen LogP contribution in [0.2, 0.25) is 0 Å². The minimum Gasteiger partial charge on any atom is -0.329 e. The SMILES string of the molecule is Cc1nc2ccc(F)cc2c(=O)n1CCN.Cl.Cl. The Morgan fingerprint density at radius 2 is 2.06 bits per heavy atom. The van der Waals surface area contributed by atoms with Crippen LogP contribution in [0.1, 0.15) is 5.82 Å². The smallest absolute Gasteiger partial charge is 0.261 e. The molecule has 0 atom stereocenters. The number of aromatic nitrogens is 2. The number of nitrogens with zero attached hydrogens (tertiary/aromatic N) is 2. The quantitative estimate of drug-likeness (QED) is 0.916. The molecular weight excluding hydrogens is 280 g/mol. The molecule has 0 fully saturated rings. The molecule has 0 spiro atoms. The summed E-state index contributed by atoms with van der Waals surface area (Å²) in [5, 5.41) is 0.291. The molecule has 1 aromatic heterocycles. The van der Waals surface area contributed by atoms with Crippen molar-refractivity contribution in [1.29, 1.82) is 0 Å². The first-order valence-corrected chi connectivity index (χ1v) is 5.00. The van der Waals surface area contributed by atoms with Crippen molar-refractivity contribution in [2.75, 3.05) is 6.54 Å². The minimum atomic E-state index is -0.436. The lowest BCUT2D eigenvalue weighted by atomic mass is 10.2. The first-order chi connectivity index (χ1) is 7.63. The van der Waals surface area contributed by atoms with Crippen LogP contribution in [0.25, 0.3) is 10.9 Å². The van der Waals surface area contributed by atoms with Crippen LogP contribution in [0.4, 0.5) is 4.39 Å². The van der Waals surface area contributed by atoms with Gasteiger partial charge in [0.15, 0.2) is 0 Å². The van der Waals surface area contributed by atoms with Crippen LogP contribution in [0.3, 0.4) is 0 Å². The molecular formula is C11H14Cl2FN3O. The summed E-state index contributed by atoms with van der Waals surface area (Å²) in [6, 6.07) is 4.00. The highest BCUT2D eigenvalue weighted by Gasteiger charge is 2.07. The van der Waals surface area contributed by atoms with Gasteiger partial charge in [-0.3, -0.25) is 9.36 Å². The number of benzene rings is 1. The molecule has 0 saturated heterocycles. The van der Waals surface area contributed by atoms with E-state index < -0.39 is 5.82 Å². The fourth-order valence-electron chi connectivity index (χ4n) is 1.70. The van der Waals surface area contributed by atoms with E-state index in [-0.39, 0.29) is 30.4 Å². The third kappa shape index (κ3) is 2.98. The molecule has 0 aliphatic carbocycles. The average Bonchev–Trinajstić information content (AvgIpc) is 2.26. The number of aryl methyl sites for hydroxylation is 1.